The van der Waals surface area contributed by atoms with Crippen LogP contribution in [0.15, 0.2) is 88.7 Å². The number of ether oxygens (including phenoxy) is 1. The molecule has 4 rings (SSSR count). The normalized spacial score (nSPS) is 15.2. The van der Waals surface area contributed by atoms with Crippen molar-refractivity contribution in [3.8, 4) is 11.5 Å². The number of hydrogen-bond donors (Lipinski definition) is 0. The second-order valence-corrected chi connectivity index (χ2v) is 8.76. The molecule has 0 bridgehead atoms. The summed E-state index contributed by atoms with van der Waals surface area (Å²) >= 11 is 8.43. The maximum atomic E-state index is 13.0. The number of thiocarbonyl (C=S) groups is 1. The van der Waals surface area contributed by atoms with Gasteiger partial charge in [-0.3, -0.25) is 9.69 Å². The van der Waals surface area contributed by atoms with Crippen LogP contribution in [0.25, 0.3) is 6.08 Å². The zero-order valence-electron chi connectivity index (χ0n) is 15.6. The van der Waals surface area contributed by atoms with Gasteiger partial charge < -0.3 is 4.74 Å². The van der Waals surface area contributed by atoms with E-state index >= 15 is 0 Å². The van der Waals surface area contributed by atoms with Gasteiger partial charge in [0.2, 0.25) is 0 Å². The van der Waals surface area contributed by atoms with E-state index in [-0.39, 0.29) is 5.91 Å². The third kappa shape index (κ3) is 4.56. The molecule has 0 aliphatic carbocycles. The Morgan fingerprint density at radius 3 is 2.52 bits per heavy atom. The monoisotopic (exact) mass is 435 g/mol. The topological polar surface area (TPSA) is 29.5 Å². The van der Waals surface area contributed by atoms with Gasteiger partial charge >= 0.3 is 0 Å². The van der Waals surface area contributed by atoms with Crippen molar-refractivity contribution >= 4 is 57.7 Å². The summed E-state index contributed by atoms with van der Waals surface area (Å²) in [4.78, 5) is 16.3. The largest absolute Gasteiger partial charge is 0.457 e. The Hall–Kier alpha value is -2.54. The number of carbonyl (C=O) groups excluding carboxylic acids is 1. The Bertz CT molecular complexity index is 1100. The fraction of sp³-hybridized carbons (Fsp3) is 0.0435. The van der Waals surface area contributed by atoms with Crippen molar-refractivity contribution < 1.29 is 9.53 Å². The number of benzene rings is 3. The third-order valence-electron chi connectivity index (χ3n) is 4.24. The van der Waals surface area contributed by atoms with Crippen LogP contribution in [0.3, 0.4) is 0 Å². The van der Waals surface area contributed by atoms with Crippen molar-refractivity contribution in [3.63, 3.8) is 0 Å². The van der Waals surface area contributed by atoms with Crippen LogP contribution in [0.5, 0.6) is 11.5 Å². The summed E-state index contributed by atoms with van der Waals surface area (Å²) in [6.45, 7) is 0. The Morgan fingerprint density at radius 1 is 0.966 bits per heavy atom. The molecule has 1 amide bonds. The number of nitrogens with zero attached hydrogens (tertiary/aromatic N) is 1. The lowest BCUT2D eigenvalue weighted by Crippen LogP contribution is -2.27. The predicted octanol–water partition coefficient (Wildman–Crippen LogP) is 6.61. The first kappa shape index (κ1) is 19.8. The second kappa shape index (κ2) is 8.86. The summed E-state index contributed by atoms with van der Waals surface area (Å²) in [5, 5.41) is 0. The van der Waals surface area contributed by atoms with Gasteiger partial charge in [-0.15, -0.1) is 11.8 Å². The van der Waals surface area contributed by atoms with Crippen LogP contribution in [-0.4, -0.2) is 16.5 Å². The Balaban J connectivity index is 1.58. The molecular weight excluding hydrogens is 418 g/mol. The highest BCUT2D eigenvalue weighted by atomic mass is 32.2. The molecule has 3 nitrogen and oxygen atoms in total. The lowest BCUT2D eigenvalue weighted by molar-refractivity contribution is -0.113. The summed E-state index contributed by atoms with van der Waals surface area (Å²) in [6, 6.07) is 25.1. The summed E-state index contributed by atoms with van der Waals surface area (Å²) in [5.41, 5.74) is 1.68. The van der Waals surface area contributed by atoms with Crippen molar-refractivity contribution in [2.24, 2.45) is 0 Å². The van der Waals surface area contributed by atoms with Crippen LogP contribution in [0.1, 0.15) is 5.56 Å². The minimum atomic E-state index is -0.104. The van der Waals surface area contributed by atoms with Crippen LogP contribution >= 0.6 is 35.7 Å². The van der Waals surface area contributed by atoms with E-state index in [0.717, 1.165) is 21.9 Å². The number of thioether (sulfide) groups is 2. The van der Waals surface area contributed by atoms with Crippen molar-refractivity contribution in [3.05, 3.63) is 89.3 Å². The number of amides is 1. The third-order valence-corrected chi connectivity index (χ3v) is 6.27. The first-order valence-electron chi connectivity index (χ1n) is 8.89. The highest BCUT2D eigenvalue weighted by Crippen LogP contribution is 2.37. The van der Waals surface area contributed by atoms with E-state index in [1.54, 1.807) is 16.7 Å². The smallest absolute Gasteiger partial charge is 0.270 e. The van der Waals surface area contributed by atoms with Crippen molar-refractivity contribution in [2.75, 3.05) is 11.2 Å². The van der Waals surface area contributed by atoms with E-state index in [0.29, 0.717) is 15.0 Å². The number of carbonyl (C=O) groups is 1. The van der Waals surface area contributed by atoms with Crippen LogP contribution < -0.4 is 9.64 Å². The Kier molecular flexibility index (Phi) is 6.04. The summed E-state index contributed by atoms with van der Waals surface area (Å²) in [6.07, 6.45) is 3.86. The molecule has 6 heteroatoms. The number of rotatable bonds is 5. The van der Waals surface area contributed by atoms with Gasteiger partial charge in [-0.2, -0.15) is 0 Å². The SMILES string of the molecule is CSc1cccc(N2C(=O)/C(=C\c3cccc(Oc4ccccc4)c3)SC2=S)c1. The predicted molar refractivity (Wildman–Crippen MR) is 127 cm³/mol. The maximum absolute atomic E-state index is 13.0. The van der Waals surface area contributed by atoms with Crippen molar-refractivity contribution in [2.45, 2.75) is 4.90 Å². The van der Waals surface area contributed by atoms with Gasteiger partial charge in [-0.1, -0.05) is 60.4 Å². The lowest BCUT2D eigenvalue weighted by atomic mass is 10.2. The summed E-state index contributed by atoms with van der Waals surface area (Å²) in [7, 11) is 0. The maximum Gasteiger partial charge on any atom is 0.270 e. The molecule has 0 aromatic heterocycles. The minimum absolute atomic E-state index is 0.104. The number of para-hydroxylation sites is 1. The molecule has 0 radical (unpaired) electrons. The number of hydrogen-bond acceptors (Lipinski definition) is 5. The fourth-order valence-electron chi connectivity index (χ4n) is 2.88. The van der Waals surface area contributed by atoms with E-state index in [4.69, 9.17) is 17.0 Å². The summed E-state index contributed by atoms with van der Waals surface area (Å²) in [5.74, 6) is 1.38. The van der Waals surface area contributed by atoms with Gasteiger partial charge in [0.1, 0.15) is 11.5 Å². The van der Waals surface area contributed by atoms with Crippen LogP contribution in [0.4, 0.5) is 5.69 Å². The van der Waals surface area contributed by atoms with E-state index in [2.05, 4.69) is 0 Å². The van der Waals surface area contributed by atoms with Gasteiger partial charge in [0, 0.05) is 4.90 Å². The molecule has 144 valence electrons. The molecule has 0 saturated carbocycles. The molecule has 3 aromatic carbocycles. The lowest BCUT2D eigenvalue weighted by Gasteiger charge is -2.15. The van der Waals surface area contributed by atoms with Gasteiger partial charge in [-0.25, -0.2) is 0 Å². The Morgan fingerprint density at radius 2 is 1.72 bits per heavy atom. The quantitative estimate of drug-likeness (QED) is 0.256. The highest BCUT2D eigenvalue weighted by Gasteiger charge is 2.33. The molecule has 1 heterocycles. The summed E-state index contributed by atoms with van der Waals surface area (Å²) < 4.78 is 6.43. The second-order valence-electron chi connectivity index (χ2n) is 6.21. The molecule has 1 fully saturated rings. The molecule has 29 heavy (non-hydrogen) atoms. The van der Waals surface area contributed by atoms with E-state index in [9.17, 15) is 4.79 Å². The van der Waals surface area contributed by atoms with Gasteiger partial charge in [0.25, 0.3) is 5.91 Å². The molecule has 1 aliphatic rings. The minimum Gasteiger partial charge on any atom is -0.457 e. The standard InChI is InChI=1S/C23H17NO2S3/c1-28-20-12-6-8-17(15-20)24-22(25)21(29-23(24)27)14-16-7-5-11-19(13-16)26-18-9-3-2-4-10-18/h2-15H,1H3/b21-14+. The van der Waals surface area contributed by atoms with Gasteiger partial charge in [-0.05, 0) is 60.4 Å². The zero-order valence-corrected chi connectivity index (χ0v) is 18.0. The van der Waals surface area contributed by atoms with Crippen molar-refractivity contribution in [1.82, 2.24) is 0 Å². The Labute approximate surface area is 183 Å². The van der Waals surface area contributed by atoms with E-state index in [1.807, 2.05) is 91.2 Å². The molecule has 0 spiro atoms. The van der Waals surface area contributed by atoms with Crippen LogP contribution in [-0.2, 0) is 4.79 Å². The van der Waals surface area contributed by atoms with Crippen molar-refractivity contribution in [1.29, 1.82) is 0 Å². The van der Waals surface area contributed by atoms with E-state index < -0.39 is 0 Å². The zero-order chi connectivity index (χ0) is 20.2. The average Bonchev–Trinajstić information content (AvgIpc) is 3.02. The molecule has 0 atom stereocenters. The van der Waals surface area contributed by atoms with Gasteiger partial charge in [0.05, 0.1) is 10.6 Å². The molecule has 3 aromatic rings. The number of anilines is 1. The highest BCUT2D eigenvalue weighted by molar-refractivity contribution is 8.27. The van der Waals surface area contributed by atoms with Crippen LogP contribution in [0, 0.1) is 0 Å². The molecule has 0 unspecified atom stereocenters. The molecule has 0 N–H and O–H groups in total. The first-order valence-corrected chi connectivity index (χ1v) is 11.3. The average molecular weight is 436 g/mol. The molecule has 1 aliphatic heterocycles. The van der Waals surface area contributed by atoms with Gasteiger partial charge in [0.15, 0.2) is 4.32 Å². The molecule has 1 saturated heterocycles. The fourth-order valence-corrected chi connectivity index (χ4v) is 4.64. The molecular formula is C23H17NO2S3. The first-order chi connectivity index (χ1) is 14.1. The van der Waals surface area contributed by atoms with Crippen LogP contribution in [0.2, 0.25) is 0 Å². The van der Waals surface area contributed by atoms with E-state index in [1.165, 1.54) is 11.8 Å².